The van der Waals surface area contributed by atoms with Crippen LogP contribution in [0.4, 0.5) is 0 Å². The summed E-state index contributed by atoms with van der Waals surface area (Å²) in [7, 11) is 2.07. The highest BCUT2D eigenvalue weighted by atomic mass is 79.9. The topological polar surface area (TPSA) is 36.2 Å². The van der Waals surface area contributed by atoms with Crippen molar-refractivity contribution in [2.24, 2.45) is 13.0 Å². The number of carbonyl (C=O) groups excluding carboxylic acids is 1. The van der Waals surface area contributed by atoms with Gasteiger partial charge in [-0.3, -0.25) is 4.79 Å². The fourth-order valence-electron chi connectivity index (χ4n) is 6.14. The molecule has 0 N–H and O–H groups in total. The molecule has 3 heterocycles. The van der Waals surface area contributed by atoms with Crippen molar-refractivity contribution in [1.82, 2.24) is 9.13 Å². The molecule has 0 fully saturated rings. The molecule has 1 aliphatic heterocycles. The van der Waals surface area contributed by atoms with E-state index in [0.29, 0.717) is 6.61 Å². The summed E-state index contributed by atoms with van der Waals surface area (Å²) in [5.74, 6) is -0.624. The maximum absolute atomic E-state index is 13.8. The number of nitrogens with zero attached hydrogens (tertiary/aromatic N) is 2. The summed E-state index contributed by atoms with van der Waals surface area (Å²) < 4.78 is 11.4. The van der Waals surface area contributed by atoms with Crippen LogP contribution in [0.2, 0.25) is 0 Å². The lowest BCUT2D eigenvalue weighted by Gasteiger charge is -2.25. The number of benzene rings is 3. The fraction of sp³-hybridized carbons (Fsp3) is 0.233. The number of para-hydroxylation sites is 1. The molecule has 35 heavy (non-hydrogen) atoms. The van der Waals surface area contributed by atoms with Gasteiger partial charge < -0.3 is 13.9 Å². The van der Waals surface area contributed by atoms with Crippen LogP contribution in [0.25, 0.3) is 21.8 Å². The van der Waals surface area contributed by atoms with E-state index in [1.807, 2.05) is 13.0 Å². The second kappa shape index (κ2) is 8.42. The van der Waals surface area contributed by atoms with Crippen molar-refractivity contribution < 1.29 is 9.53 Å². The molecule has 5 aromatic rings. The number of rotatable bonds is 4. The third-order valence-electron chi connectivity index (χ3n) is 7.50. The lowest BCUT2D eigenvalue weighted by Crippen LogP contribution is -2.28. The van der Waals surface area contributed by atoms with Gasteiger partial charge in [-0.1, -0.05) is 64.5 Å². The van der Waals surface area contributed by atoms with Crippen LogP contribution in [0.5, 0.6) is 0 Å². The van der Waals surface area contributed by atoms with Crippen LogP contribution >= 0.6 is 15.9 Å². The van der Waals surface area contributed by atoms with Crippen LogP contribution in [0.3, 0.4) is 0 Å². The molecule has 0 aliphatic carbocycles. The fourth-order valence-corrected chi connectivity index (χ4v) is 6.50. The minimum atomic E-state index is -0.375. The molecule has 0 amide bonds. The molecule has 0 bridgehead atoms. The van der Waals surface area contributed by atoms with E-state index in [2.05, 4.69) is 112 Å². The molecular weight excluding hydrogens is 500 g/mol. The minimum absolute atomic E-state index is 0.102. The monoisotopic (exact) mass is 526 g/mol. The molecule has 6 rings (SSSR count). The summed E-state index contributed by atoms with van der Waals surface area (Å²) in [6.07, 6.45) is 2.19. The van der Waals surface area contributed by atoms with Crippen LogP contribution in [0, 0.1) is 12.8 Å². The Balaban J connectivity index is 1.72. The van der Waals surface area contributed by atoms with Gasteiger partial charge in [-0.15, -0.1) is 0 Å². The van der Waals surface area contributed by atoms with Gasteiger partial charge in [0.15, 0.2) is 0 Å². The number of ether oxygens (including phenoxy) is 1. The first-order chi connectivity index (χ1) is 17.0. The van der Waals surface area contributed by atoms with Gasteiger partial charge in [-0.25, -0.2) is 0 Å². The van der Waals surface area contributed by atoms with Gasteiger partial charge in [0, 0.05) is 56.7 Å². The Morgan fingerprint density at radius 1 is 0.971 bits per heavy atom. The smallest absolute Gasteiger partial charge is 0.312 e. The summed E-state index contributed by atoms with van der Waals surface area (Å²) in [6.45, 7) is 4.43. The SMILES string of the molecule is CCOC(=O)[C@@H]1[C@@H](c2ccccc2)c2c(C)c3ccccc3n2[C@H]1c1cn(C)c2ccc(Br)cc12. The Kier molecular flexibility index (Phi) is 5.33. The van der Waals surface area contributed by atoms with Gasteiger partial charge in [0.2, 0.25) is 0 Å². The maximum Gasteiger partial charge on any atom is 0.312 e. The molecule has 0 radical (unpaired) electrons. The number of hydrogen-bond acceptors (Lipinski definition) is 2. The van der Waals surface area contributed by atoms with E-state index in [-0.39, 0.29) is 23.8 Å². The van der Waals surface area contributed by atoms with E-state index in [4.69, 9.17) is 4.74 Å². The highest BCUT2D eigenvalue weighted by Crippen LogP contribution is 2.54. The van der Waals surface area contributed by atoms with Gasteiger partial charge in [-0.05, 0) is 49.2 Å². The molecule has 4 nitrogen and oxygen atoms in total. The first kappa shape index (κ1) is 22.2. The first-order valence-corrected chi connectivity index (χ1v) is 12.9. The number of aromatic nitrogens is 2. The minimum Gasteiger partial charge on any atom is -0.466 e. The molecule has 2 aromatic heterocycles. The van der Waals surface area contributed by atoms with Gasteiger partial charge >= 0.3 is 5.97 Å². The normalized spacial score (nSPS) is 19.4. The van der Waals surface area contributed by atoms with E-state index in [1.165, 1.54) is 16.6 Å². The summed E-state index contributed by atoms with van der Waals surface area (Å²) in [6, 6.07) is 25.1. The molecule has 5 heteroatoms. The number of hydrogen-bond donors (Lipinski definition) is 0. The molecule has 0 saturated heterocycles. The number of fused-ring (bicyclic) bond motifs is 4. The summed E-state index contributed by atoms with van der Waals surface area (Å²) in [5.41, 5.74) is 7.01. The lowest BCUT2D eigenvalue weighted by molar-refractivity contribution is -0.149. The van der Waals surface area contributed by atoms with Gasteiger partial charge in [0.25, 0.3) is 0 Å². The summed E-state index contributed by atoms with van der Waals surface area (Å²) in [5, 5.41) is 2.38. The second-order valence-corrected chi connectivity index (χ2v) is 10.3. The van der Waals surface area contributed by atoms with E-state index in [1.54, 1.807) is 0 Å². The third kappa shape index (κ3) is 3.29. The van der Waals surface area contributed by atoms with Gasteiger partial charge in [-0.2, -0.15) is 0 Å². The molecule has 0 saturated carbocycles. The number of halogens is 1. The number of carbonyl (C=O) groups is 1. The molecule has 1 aliphatic rings. The van der Waals surface area contributed by atoms with E-state index in [0.717, 1.165) is 32.0 Å². The average molecular weight is 527 g/mol. The van der Waals surface area contributed by atoms with Gasteiger partial charge in [0.05, 0.1) is 18.6 Å². The Labute approximate surface area is 213 Å². The van der Waals surface area contributed by atoms with Crippen molar-refractivity contribution in [3.05, 3.63) is 106 Å². The average Bonchev–Trinajstić information content (AvgIpc) is 3.48. The van der Waals surface area contributed by atoms with Crippen molar-refractivity contribution >= 4 is 43.7 Å². The van der Waals surface area contributed by atoms with Crippen molar-refractivity contribution in [1.29, 1.82) is 0 Å². The Bertz CT molecular complexity index is 1580. The molecule has 0 unspecified atom stereocenters. The lowest BCUT2D eigenvalue weighted by atomic mass is 9.79. The predicted molar refractivity (Wildman–Crippen MR) is 144 cm³/mol. The molecule has 3 atom stereocenters. The molecular formula is C30H27BrN2O2. The predicted octanol–water partition coefficient (Wildman–Crippen LogP) is 7.12. The Morgan fingerprint density at radius 2 is 1.71 bits per heavy atom. The van der Waals surface area contributed by atoms with Crippen LogP contribution < -0.4 is 0 Å². The second-order valence-electron chi connectivity index (χ2n) is 9.37. The highest BCUT2D eigenvalue weighted by molar-refractivity contribution is 9.10. The zero-order chi connectivity index (χ0) is 24.3. The van der Waals surface area contributed by atoms with Crippen molar-refractivity contribution in [3.63, 3.8) is 0 Å². The van der Waals surface area contributed by atoms with Crippen LogP contribution in [-0.2, 0) is 16.6 Å². The zero-order valence-corrected chi connectivity index (χ0v) is 21.6. The van der Waals surface area contributed by atoms with Crippen molar-refractivity contribution in [3.8, 4) is 0 Å². The summed E-state index contributed by atoms with van der Waals surface area (Å²) in [4.78, 5) is 13.8. The van der Waals surface area contributed by atoms with E-state index >= 15 is 0 Å². The molecule has 0 spiro atoms. The highest BCUT2D eigenvalue weighted by Gasteiger charge is 2.49. The standard InChI is InChI=1S/C30H27BrN2O2/c1-4-35-30(34)27-26(19-10-6-5-7-11-19)28-18(2)21-12-8-9-13-25(21)33(28)29(27)23-17-32(3)24-15-14-20(31)16-22(23)24/h5-17,26-27,29H,4H2,1-3H3/t26-,27-,29+/m1/s1. The Morgan fingerprint density at radius 3 is 2.49 bits per heavy atom. The van der Waals surface area contributed by atoms with Gasteiger partial charge in [0.1, 0.15) is 0 Å². The quantitative estimate of drug-likeness (QED) is 0.234. The van der Waals surface area contributed by atoms with Crippen molar-refractivity contribution in [2.45, 2.75) is 25.8 Å². The first-order valence-electron chi connectivity index (χ1n) is 12.1. The van der Waals surface area contributed by atoms with Crippen LogP contribution in [0.15, 0.2) is 83.5 Å². The maximum atomic E-state index is 13.8. The largest absolute Gasteiger partial charge is 0.466 e. The van der Waals surface area contributed by atoms with Crippen LogP contribution in [-0.4, -0.2) is 21.7 Å². The molecule has 176 valence electrons. The van der Waals surface area contributed by atoms with Crippen LogP contribution in [0.1, 0.15) is 41.3 Å². The summed E-state index contributed by atoms with van der Waals surface area (Å²) >= 11 is 3.67. The number of esters is 1. The van der Waals surface area contributed by atoms with Crippen molar-refractivity contribution in [2.75, 3.05) is 6.61 Å². The van der Waals surface area contributed by atoms with E-state index < -0.39 is 0 Å². The van der Waals surface area contributed by atoms with E-state index in [9.17, 15) is 4.79 Å². The number of aryl methyl sites for hydroxylation is 2. The zero-order valence-electron chi connectivity index (χ0n) is 20.0. The Hall–Kier alpha value is -3.31. The molecule has 3 aromatic carbocycles. The third-order valence-corrected chi connectivity index (χ3v) is 8.00.